The van der Waals surface area contributed by atoms with Gasteiger partial charge in [-0.25, -0.2) is 4.99 Å². The van der Waals surface area contributed by atoms with Crippen LogP contribution < -0.4 is 10.1 Å². The van der Waals surface area contributed by atoms with Crippen LogP contribution in [0.4, 0.5) is 0 Å². The molecule has 0 aliphatic heterocycles. The predicted molar refractivity (Wildman–Crippen MR) is 97.0 cm³/mol. The van der Waals surface area contributed by atoms with Gasteiger partial charge in [-0.05, 0) is 43.7 Å². The molecule has 0 aliphatic carbocycles. The molecule has 2 rings (SSSR count). The second kappa shape index (κ2) is 9.25. The summed E-state index contributed by atoms with van der Waals surface area (Å²) in [4.78, 5) is 20.0. The minimum atomic E-state index is -0.320. The largest absolute Gasteiger partial charge is 0.457 e. The van der Waals surface area contributed by atoms with Crippen LogP contribution in [0.5, 0.6) is 11.5 Å². The molecule has 0 radical (unpaired) electrons. The van der Waals surface area contributed by atoms with Gasteiger partial charge in [0.15, 0.2) is 0 Å². The van der Waals surface area contributed by atoms with Crippen molar-refractivity contribution in [3.63, 3.8) is 0 Å². The molecule has 0 aliphatic rings. The molecule has 1 N–H and O–H groups in total. The van der Waals surface area contributed by atoms with Crippen LogP contribution in [0.2, 0.25) is 0 Å². The molecule has 2 aromatic carbocycles. The molecule has 0 fully saturated rings. The number of carbonyl (C=O) groups is 1. The lowest BCUT2D eigenvalue weighted by Gasteiger charge is -2.12. The zero-order valence-corrected chi connectivity index (χ0v) is 13.8. The van der Waals surface area contributed by atoms with Crippen molar-refractivity contribution in [2.75, 3.05) is 6.54 Å². The molecule has 0 bridgehead atoms. The summed E-state index contributed by atoms with van der Waals surface area (Å²) < 4.78 is 5.80. The molecule has 24 heavy (non-hydrogen) atoms. The van der Waals surface area contributed by atoms with Crippen LogP contribution in [0.15, 0.2) is 64.6 Å². The number of nitrogens with one attached hydrogen (secondary N) is 1. The fourth-order valence-electron chi connectivity index (χ4n) is 2.01. The van der Waals surface area contributed by atoms with E-state index in [1.54, 1.807) is 0 Å². The first kappa shape index (κ1) is 17.4. The molecule has 0 saturated heterocycles. The topological polar surface area (TPSA) is 63.0 Å². The Labute approximate surface area is 142 Å². The molecule has 2 aromatic rings. The lowest BCUT2D eigenvalue weighted by molar-refractivity contribution is -0.120. The third-order valence-electron chi connectivity index (χ3n) is 3.34. The second-order valence-electron chi connectivity index (χ2n) is 5.11. The number of hydrogen-bond acceptors (Lipinski definition) is 3. The standard InChI is InChI=1S/C19H21N3O2/c1-3-20-13-21-14-22-19(23)15(2)16-8-7-11-18(12-16)24-17-9-5-4-6-10-17/h4-15H,3H2,1-2H3,(H,20,21,22,23). The van der Waals surface area contributed by atoms with Crippen LogP contribution in [0.25, 0.3) is 0 Å². The van der Waals surface area contributed by atoms with E-state index in [4.69, 9.17) is 4.74 Å². The van der Waals surface area contributed by atoms with Gasteiger partial charge in [-0.15, -0.1) is 0 Å². The monoisotopic (exact) mass is 323 g/mol. The smallest absolute Gasteiger partial charge is 0.232 e. The zero-order chi connectivity index (χ0) is 17.2. The van der Waals surface area contributed by atoms with Crippen molar-refractivity contribution in [1.29, 1.82) is 0 Å². The molecule has 0 aromatic heterocycles. The molecule has 0 spiro atoms. The normalized spacial score (nSPS) is 12.4. The van der Waals surface area contributed by atoms with Crippen molar-refractivity contribution in [3.8, 4) is 11.5 Å². The van der Waals surface area contributed by atoms with Crippen molar-refractivity contribution in [1.82, 2.24) is 5.32 Å². The van der Waals surface area contributed by atoms with E-state index in [1.165, 1.54) is 12.7 Å². The van der Waals surface area contributed by atoms with Gasteiger partial charge < -0.3 is 10.1 Å². The number of aliphatic imine (C=N–C) groups is 2. The second-order valence-corrected chi connectivity index (χ2v) is 5.11. The number of rotatable bonds is 7. The summed E-state index contributed by atoms with van der Waals surface area (Å²) in [6, 6.07) is 17.0. The first-order valence-electron chi connectivity index (χ1n) is 7.84. The van der Waals surface area contributed by atoms with E-state index in [-0.39, 0.29) is 11.8 Å². The number of benzene rings is 2. The Kier molecular flexibility index (Phi) is 6.71. The number of para-hydroxylation sites is 1. The molecule has 5 nitrogen and oxygen atoms in total. The Morgan fingerprint density at radius 2 is 1.92 bits per heavy atom. The highest BCUT2D eigenvalue weighted by atomic mass is 16.5. The van der Waals surface area contributed by atoms with Crippen molar-refractivity contribution < 1.29 is 9.53 Å². The maximum Gasteiger partial charge on any atom is 0.232 e. The van der Waals surface area contributed by atoms with Gasteiger partial charge >= 0.3 is 0 Å². The minimum Gasteiger partial charge on any atom is -0.457 e. The van der Waals surface area contributed by atoms with Gasteiger partial charge in [0.2, 0.25) is 5.91 Å². The summed E-state index contributed by atoms with van der Waals surface area (Å²) in [5.41, 5.74) is 0.872. The average molecular weight is 323 g/mol. The summed E-state index contributed by atoms with van der Waals surface area (Å²) in [6.07, 6.45) is 2.77. The molecular formula is C19H21N3O2. The van der Waals surface area contributed by atoms with Gasteiger partial charge in [-0.3, -0.25) is 9.79 Å². The Morgan fingerprint density at radius 1 is 1.17 bits per heavy atom. The molecule has 1 amide bonds. The average Bonchev–Trinajstić information content (AvgIpc) is 2.62. The van der Waals surface area contributed by atoms with E-state index >= 15 is 0 Å². The first-order chi connectivity index (χ1) is 11.7. The van der Waals surface area contributed by atoms with Gasteiger partial charge in [-0.1, -0.05) is 30.3 Å². The molecule has 0 heterocycles. The molecule has 1 unspecified atom stereocenters. The molecule has 124 valence electrons. The van der Waals surface area contributed by atoms with Gasteiger partial charge in [0.05, 0.1) is 12.3 Å². The Morgan fingerprint density at radius 3 is 2.67 bits per heavy atom. The predicted octanol–water partition coefficient (Wildman–Crippen LogP) is 3.78. The highest BCUT2D eigenvalue weighted by Crippen LogP contribution is 2.25. The summed E-state index contributed by atoms with van der Waals surface area (Å²) >= 11 is 0. The van der Waals surface area contributed by atoms with Gasteiger partial charge in [0, 0.05) is 6.54 Å². The highest BCUT2D eigenvalue weighted by Gasteiger charge is 2.14. The lowest BCUT2D eigenvalue weighted by Crippen LogP contribution is -2.26. The first-order valence-corrected chi connectivity index (χ1v) is 7.84. The van der Waals surface area contributed by atoms with Crippen LogP contribution >= 0.6 is 0 Å². The van der Waals surface area contributed by atoms with E-state index in [2.05, 4.69) is 15.3 Å². The number of nitrogens with zero attached hydrogens (tertiary/aromatic N) is 2. The van der Waals surface area contributed by atoms with Crippen LogP contribution in [0.3, 0.4) is 0 Å². The van der Waals surface area contributed by atoms with E-state index in [0.717, 1.165) is 11.3 Å². The van der Waals surface area contributed by atoms with Gasteiger partial charge in [0.25, 0.3) is 0 Å². The number of ether oxygens (including phenoxy) is 1. The zero-order valence-electron chi connectivity index (χ0n) is 13.8. The van der Waals surface area contributed by atoms with Crippen molar-refractivity contribution in [2.24, 2.45) is 9.98 Å². The van der Waals surface area contributed by atoms with Crippen LogP contribution in [0, 0.1) is 0 Å². The van der Waals surface area contributed by atoms with Crippen molar-refractivity contribution in [2.45, 2.75) is 19.8 Å². The summed E-state index contributed by atoms with van der Waals surface area (Å²) in [5.74, 6) is 0.996. The number of amides is 1. The van der Waals surface area contributed by atoms with Crippen LogP contribution in [0.1, 0.15) is 25.3 Å². The maximum absolute atomic E-state index is 12.2. The number of carbonyl (C=O) groups excluding carboxylic acids is 1. The summed E-state index contributed by atoms with van der Waals surface area (Å²) in [7, 11) is 0. The van der Waals surface area contributed by atoms with Gasteiger partial charge in [-0.2, -0.15) is 0 Å². The maximum atomic E-state index is 12.2. The van der Waals surface area contributed by atoms with E-state index < -0.39 is 0 Å². The quantitative estimate of drug-likeness (QED) is 0.622. The van der Waals surface area contributed by atoms with E-state index in [1.807, 2.05) is 68.4 Å². The summed E-state index contributed by atoms with van der Waals surface area (Å²) in [6.45, 7) is 4.41. The van der Waals surface area contributed by atoms with Crippen molar-refractivity contribution in [3.05, 3.63) is 60.2 Å². The SMILES string of the molecule is CC/N=C\N=C\NC(=O)C(C)c1cccc(Oc2ccccc2)c1. The molecular weight excluding hydrogens is 302 g/mol. The summed E-state index contributed by atoms with van der Waals surface area (Å²) in [5, 5.41) is 2.65. The molecule has 5 heteroatoms. The van der Waals surface area contributed by atoms with Crippen LogP contribution in [-0.4, -0.2) is 25.1 Å². The number of hydrogen-bond donors (Lipinski definition) is 1. The fourth-order valence-corrected chi connectivity index (χ4v) is 2.01. The Balaban J connectivity index is 2.00. The highest BCUT2D eigenvalue weighted by molar-refractivity contribution is 5.93. The fraction of sp³-hybridized carbons (Fsp3) is 0.211. The lowest BCUT2D eigenvalue weighted by atomic mass is 10.0. The van der Waals surface area contributed by atoms with E-state index in [0.29, 0.717) is 12.3 Å². The Bertz CT molecular complexity index is 712. The molecule has 0 saturated carbocycles. The van der Waals surface area contributed by atoms with Gasteiger partial charge in [0.1, 0.15) is 17.8 Å². The Hall–Kier alpha value is -2.95. The minimum absolute atomic E-state index is 0.138. The van der Waals surface area contributed by atoms with Crippen molar-refractivity contribution >= 4 is 18.6 Å². The molecule has 1 atom stereocenters. The van der Waals surface area contributed by atoms with Crippen LogP contribution in [-0.2, 0) is 4.79 Å². The third kappa shape index (κ3) is 5.35. The van der Waals surface area contributed by atoms with E-state index in [9.17, 15) is 4.79 Å². The third-order valence-corrected chi connectivity index (χ3v) is 3.34.